The van der Waals surface area contributed by atoms with Crippen LogP contribution < -0.4 is 10.5 Å². The van der Waals surface area contributed by atoms with Crippen LogP contribution in [0.1, 0.15) is 23.9 Å². The number of imidazole rings is 1. The summed E-state index contributed by atoms with van der Waals surface area (Å²) in [6, 6.07) is 9.13. The van der Waals surface area contributed by atoms with Gasteiger partial charge in [-0.2, -0.15) is 9.97 Å². The lowest BCUT2D eigenvalue weighted by atomic mass is 9.92. The van der Waals surface area contributed by atoms with Gasteiger partial charge >= 0.3 is 6.01 Å². The second-order valence-corrected chi connectivity index (χ2v) is 6.94. The Morgan fingerprint density at radius 2 is 2.03 bits per heavy atom. The Balaban J connectivity index is 1.87. The summed E-state index contributed by atoms with van der Waals surface area (Å²) in [6.07, 6.45) is 1.56. The van der Waals surface area contributed by atoms with Crippen LogP contribution >= 0.6 is 0 Å². The van der Waals surface area contributed by atoms with Crippen molar-refractivity contribution in [3.8, 4) is 11.8 Å². The lowest BCUT2D eigenvalue weighted by Gasteiger charge is -2.21. The van der Waals surface area contributed by atoms with Crippen LogP contribution in [-0.4, -0.2) is 50.1 Å². The molecule has 10 heteroatoms. The van der Waals surface area contributed by atoms with E-state index in [1.54, 1.807) is 56.0 Å². The monoisotopic (exact) mass is 410 g/mol. The van der Waals surface area contributed by atoms with Crippen molar-refractivity contribution in [1.29, 1.82) is 0 Å². The molecule has 0 aliphatic carbocycles. The Bertz CT molecular complexity index is 1180. The molecular formula is C20H22N6O4. The first-order valence-corrected chi connectivity index (χ1v) is 9.30. The van der Waals surface area contributed by atoms with Crippen molar-refractivity contribution in [3.63, 3.8) is 0 Å². The van der Waals surface area contributed by atoms with E-state index in [0.717, 1.165) is 0 Å². The summed E-state index contributed by atoms with van der Waals surface area (Å²) >= 11 is 0. The Morgan fingerprint density at radius 1 is 1.20 bits per heavy atom. The smallest absolute Gasteiger partial charge is 0.303 e. The highest BCUT2D eigenvalue weighted by atomic mass is 16.5. The lowest BCUT2D eigenvalue weighted by molar-refractivity contribution is 0.0933. The molecule has 0 fully saturated rings. The maximum atomic E-state index is 11.2. The Hall–Kier alpha value is -3.50. The zero-order chi connectivity index (χ0) is 21.3. The fourth-order valence-electron chi connectivity index (χ4n) is 3.12. The van der Waals surface area contributed by atoms with Gasteiger partial charge in [0.1, 0.15) is 29.5 Å². The number of aromatic nitrogens is 5. The van der Waals surface area contributed by atoms with Gasteiger partial charge in [0.15, 0.2) is 0 Å². The van der Waals surface area contributed by atoms with Crippen molar-refractivity contribution >= 4 is 17.0 Å². The molecule has 0 amide bonds. The number of anilines is 1. The van der Waals surface area contributed by atoms with Gasteiger partial charge < -0.3 is 24.8 Å². The van der Waals surface area contributed by atoms with Gasteiger partial charge in [0.2, 0.25) is 5.95 Å². The average molecular weight is 410 g/mol. The molecule has 0 bridgehead atoms. The predicted molar refractivity (Wildman–Crippen MR) is 108 cm³/mol. The van der Waals surface area contributed by atoms with E-state index in [9.17, 15) is 5.11 Å². The van der Waals surface area contributed by atoms with Crippen molar-refractivity contribution in [2.75, 3.05) is 26.1 Å². The van der Waals surface area contributed by atoms with Crippen LogP contribution in [0.2, 0.25) is 0 Å². The van der Waals surface area contributed by atoms with Gasteiger partial charge in [-0.05, 0) is 31.5 Å². The van der Waals surface area contributed by atoms with Crippen molar-refractivity contribution in [3.05, 3.63) is 53.5 Å². The summed E-state index contributed by atoms with van der Waals surface area (Å²) < 4.78 is 17.7. The van der Waals surface area contributed by atoms with Crippen molar-refractivity contribution < 1.29 is 19.1 Å². The van der Waals surface area contributed by atoms with Crippen molar-refractivity contribution in [2.45, 2.75) is 19.4 Å². The van der Waals surface area contributed by atoms with Crippen molar-refractivity contribution in [2.24, 2.45) is 0 Å². The molecule has 0 saturated carbocycles. The van der Waals surface area contributed by atoms with Crippen LogP contribution in [0, 0.1) is 6.92 Å². The standard InChI is InChI=1S/C20H22N6O4/c1-12-10-16(25-30-12)20(2,27)13-4-5-14-15(11-13)26(17-6-7-22-18(21)24-17)19(23-14)29-9-8-28-3/h4-7,10-11,27H,8-9H2,1-3H3,(H2,21,22,24)/t20-/m1/s1. The molecule has 156 valence electrons. The molecule has 10 nitrogen and oxygen atoms in total. The fraction of sp³-hybridized carbons (Fsp3) is 0.300. The number of aryl methyl sites for hydroxylation is 1. The molecule has 3 N–H and O–H groups in total. The first kappa shape index (κ1) is 19.8. The number of fused-ring (bicyclic) bond motifs is 1. The molecule has 0 aliphatic heterocycles. The summed E-state index contributed by atoms with van der Waals surface area (Å²) in [5.41, 5.74) is 6.77. The average Bonchev–Trinajstić information content (AvgIpc) is 3.31. The molecular weight excluding hydrogens is 388 g/mol. The number of nitrogen functional groups attached to an aromatic ring is 1. The first-order valence-electron chi connectivity index (χ1n) is 9.30. The van der Waals surface area contributed by atoms with Gasteiger partial charge in [-0.3, -0.25) is 0 Å². The minimum atomic E-state index is -1.37. The maximum absolute atomic E-state index is 11.2. The number of aliphatic hydroxyl groups is 1. The number of hydrogen-bond acceptors (Lipinski definition) is 9. The van der Waals surface area contributed by atoms with Gasteiger partial charge in [-0.1, -0.05) is 11.2 Å². The maximum Gasteiger partial charge on any atom is 0.303 e. The topological polar surface area (TPSA) is 134 Å². The number of hydrogen-bond donors (Lipinski definition) is 2. The minimum Gasteiger partial charge on any atom is -0.462 e. The molecule has 30 heavy (non-hydrogen) atoms. The van der Waals surface area contributed by atoms with Crippen LogP contribution in [-0.2, 0) is 10.3 Å². The zero-order valence-corrected chi connectivity index (χ0v) is 16.9. The fourth-order valence-corrected chi connectivity index (χ4v) is 3.12. The number of ether oxygens (including phenoxy) is 2. The first-order chi connectivity index (χ1) is 14.4. The Kier molecular flexibility index (Phi) is 5.10. The number of nitrogens with zero attached hydrogens (tertiary/aromatic N) is 5. The molecule has 3 aromatic heterocycles. The molecule has 1 aromatic carbocycles. The molecule has 0 radical (unpaired) electrons. The van der Waals surface area contributed by atoms with Crippen LogP contribution in [0.25, 0.3) is 16.9 Å². The largest absolute Gasteiger partial charge is 0.462 e. The molecule has 0 aliphatic rings. The van der Waals surface area contributed by atoms with E-state index in [1.807, 2.05) is 6.07 Å². The third kappa shape index (κ3) is 3.58. The van der Waals surface area contributed by atoms with E-state index >= 15 is 0 Å². The zero-order valence-electron chi connectivity index (χ0n) is 16.9. The lowest BCUT2D eigenvalue weighted by Crippen LogP contribution is -2.23. The highest BCUT2D eigenvalue weighted by molar-refractivity contribution is 5.80. The van der Waals surface area contributed by atoms with Crippen LogP contribution in [0.15, 0.2) is 41.1 Å². The summed E-state index contributed by atoms with van der Waals surface area (Å²) in [7, 11) is 1.59. The second kappa shape index (κ2) is 7.73. The summed E-state index contributed by atoms with van der Waals surface area (Å²) in [6.45, 7) is 4.14. The molecule has 4 aromatic rings. The third-order valence-corrected chi connectivity index (χ3v) is 4.72. The van der Waals surface area contributed by atoms with E-state index in [0.29, 0.717) is 53.1 Å². The minimum absolute atomic E-state index is 0.124. The molecule has 4 rings (SSSR count). The van der Waals surface area contributed by atoms with E-state index in [4.69, 9.17) is 19.7 Å². The Morgan fingerprint density at radius 3 is 2.73 bits per heavy atom. The molecule has 0 saturated heterocycles. The van der Waals surface area contributed by atoms with Gasteiger partial charge in [-0.25, -0.2) is 9.55 Å². The SMILES string of the molecule is COCCOc1nc2ccc([C@@](C)(O)c3cc(C)on3)cc2n1-c1ccnc(N)n1. The highest BCUT2D eigenvalue weighted by Crippen LogP contribution is 2.33. The van der Waals surface area contributed by atoms with Gasteiger partial charge in [0.05, 0.1) is 17.6 Å². The van der Waals surface area contributed by atoms with Gasteiger partial charge in [0, 0.05) is 25.4 Å². The van der Waals surface area contributed by atoms with E-state index in [1.165, 1.54) is 0 Å². The summed E-state index contributed by atoms with van der Waals surface area (Å²) in [5, 5.41) is 15.1. The summed E-state index contributed by atoms with van der Waals surface area (Å²) in [4.78, 5) is 12.8. The highest BCUT2D eigenvalue weighted by Gasteiger charge is 2.30. The number of rotatable bonds is 7. The number of benzene rings is 1. The van der Waals surface area contributed by atoms with E-state index < -0.39 is 5.60 Å². The number of methoxy groups -OCH3 is 1. The normalized spacial score (nSPS) is 13.5. The quantitative estimate of drug-likeness (QED) is 0.438. The summed E-state index contributed by atoms with van der Waals surface area (Å²) in [5.74, 6) is 1.23. The van der Waals surface area contributed by atoms with Gasteiger partial charge in [0.25, 0.3) is 0 Å². The van der Waals surface area contributed by atoms with Crippen molar-refractivity contribution in [1.82, 2.24) is 24.7 Å². The van der Waals surface area contributed by atoms with E-state index in [2.05, 4.69) is 20.1 Å². The van der Waals surface area contributed by atoms with E-state index in [-0.39, 0.29) is 5.95 Å². The third-order valence-electron chi connectivity index (χ3n) is 4.72. The molecule has 0 unspecified atom stereocenters. The second-order valence-electron chi connectivity index (χ2n) is 6.94. The van der Waals surface area contributed by atoms with Crippen LogP contribution in [0.3, 0.4) is 0 Å². The van der Waals surface area contributed by atoms with Crippen LogP contribution in [0.5, 0.6) is 6.01 Å². The predicted octanol–water partition coefficient (Wildman–Crippen LogP) is 1.98. The number of nitrogens with two attached hydrogens (primary N) is 1. The molecule has 1 atom stereocenters. The Labute approximate surface area is 172 Å². The molecule has 3 heterocycles. The molecule has 0 spiro atoms. The van der Waals surface area contributed by atoms with Gasteiger partial charge in [-0.15, -0.1) is 0 Å². The van der Waals surface area contributed by atoms with Crippen LogP contribution in [0.4, 0.5) is 5.95 Å².